The van der Waals surface area contributed by atoms with Crippen LogP contribution in [0.2, 0.25) is 10.0 Å². The standard InChI is InChI=1S/C28H23BrCl2N2O5S/c1-15-8-20(29)22(9-16(15)2)32-26(34)14-38-23-7-4-17(10-24(23)37-3)11-25-27(35)33(28(36)39-25)13-18-5-6-19(30)12-21(18)31/h4-12H,13-14H2,1-3H3,(H,32,34)/b25-11-. The van der Waals surface area contributed by atoms with Gasteiger partial charge in [0.25, 0.3) is 17.1 Å². The number of benzene rings is 3. The second kappa shape index (κ2) is 12.5. The van der Waals surface area contributed by atoms with Crippen molar-refractivity contribution in [3.05, 3.63) is 90.2 Å². The van der Waals surface area contributed by atoms with Crippen molar-refractivity contribution in [3.8, 4) is 11.5 Å². The van der Waals surface area contributed by atoms with Gasteiger partial charge >= 0.3 is 0 Å². The fourth-order valence-corrected chi connectivity index (χ4v) is 5.57. The first kappa shape index (κ1) is 29.0. The molecular formula is C28H23BrCl2N2O5S. The lowest BCUT2D eigenvalue weighted by Crippen LogP contribution is -2.27. The van der Waals surface area contributed by atoms with Gasteiger partial charge in [-0.15, -0.1) is 0 Å². The number of imide groups is 1. The maximum Gasteiger partial charge on any atom is 0.293 e. The van der Waals surface area contributed by atoms with Gasteiger partial charge in [-0.1, -0.05) is 35.3 Å². The number of carbonyl (C=O) groups excluding carboxylic acids is 3. The maximum atomic E-state index is 13.0. The smallest absolute Gasteiger partial charge is 0.293 e. The minimum Gasteiger partial charge on any atom is -0.493 e. The van der Waals surface area contributed by atoms with Crippen molar-refractivity contribution in [2.24, 2.45) is 0 Å². The van der Waals surface area contributed by atoms with Crippen LogP contribution in [0, 0.1) is 13.8 Å². The Morgan fingerprint density at radius 3 is 2.51 bits per heavy atom. The molecule has 0 aromatic heterocycles. The lowest BCUT2D eigenvalue weighted by Gasteiger charge is -2.14. The molecule has 0 radical (unpaired) electrons. The van der Waals surface area contributed by atoms with E-state index in [-0.39, 0.29) is 24.0 Å². The molecule has 1 aliphatic rings. The molecule has 3 aromatic carbocycles. The predicted octanol–water partition coefficient (Wildman–Crippen LogP) is 7.64. The van der Waals surface area contributed by atoms with E-state index >= 15 is 0 Å². The first-order valence-corrected chi connectivity index (χ1v) is 14.0. The van der Waals surface area contributed by atoms with Crippen LogP contribution in [0.25, 0.3) is 6.08 Å². The summed E-state index contributed by atoms with van der Waals surface area (Å²) in [7, 11) is 1.47. The van der Waals surface area contributed by atoms with E-state index in [1.54, 1.807) is 42.5 Å². The number of halogens is 3. The average Bonchev–Trinajstić information content (AvgIpc) is 3.15. The van der Waals surface area contributed by atoms with E-state index < -0.39 is 11.1 Å². The number of anilines is 1. The van der Waals surface area contributed by atoms with Crippen molar-refractivity contribution in [2.45, 2.75) is 20.4 Å². The number of hydrogen-bond donors (Lipinski definition) is 1. The highest BCUT2D eigenvalue weighted by Crippen LogP contribution is 2.36. The van der Waals surface area contributed by atoms with Crippen molar-refractivity contribution in [1.82, 2.24) is 4.90 Å². The first-order valence-electron chi connectivity index (χ1n) is 11.6. The molecule has 0 unspecified atom stereocenters. The zero-order chi connectivity index (χ0) is 28.3. The van der Waals surface area contributed by atoms with Gasteiger partial charge in [0.1, 0.15) is 0 Å². The third-order valence-electron chi connectivity index (χ3n) is 5.92. The normalized spacial score (nSPS) is 14.2. The summed E-state index contributed by atoms with van der Waals surface area (Å²) in [5, 5.41) is 3.27. The van der Waals surface area contributed by atoms with E-state index in [9.17, 15) is 14.4 Å². The Morgan fingerprint density at radius 1 is 1.05 bits per heavy atom. The monoisotopic (exact) mass is 648 g/mol. The molecule has 1 aliphatic heterocycles. The van der Waals surface area contributed by atoms with Crippen molar-refractivity contribution >= 4 is 79.7 Å². The molecule has 1 saturated heterocycles. The fourth-order valence-electron chi connectivity index (χ4n) is 3.71. The third kappa shape index (κ3) is 6.97. The molecule has 1 heterocycles. The Balaban J connectivity index is 1.43. The van der Waals surface area contributed by atoms with Crippen LogP contribution in [0.3, 0.4) is 0 Å². The fraction of sp³-hybridized carbons (Fsp3) is 0.179. The molecule has 3 aromatic rings. The highest BCUT2D eigenvalue weighted by molar-refractivity contribution is 9.10. The van der Waals surface area contributed by atoms with E-state index in [4.69, 9.17) is 32.7 Å². The van der Waals surface area contributed by atoms with E-state index in [0.29, 0.717) is 38.4 Å². The van der Waals surface area contributed by atoms with Gasteiger partial charge in [-0.05, 0) is 106 Å². The number of ether oxygens (including phenoxy) is 2. The summed E-state index contributed by atoms with van der Waals surface area (Å²) >= 11 is 16.5. The molecule has 39 heavy (non-hydrogen) atoms. The molecule has 0 atom stereocenters. The molecule has 0 spiro atoms. The van der Waals surface area contributed by atoms with Gasteiger partial charge in [-0.2, -0.15) is 0 Å². The number of amides is 3. The summed E-state index contributed by atoms with van der Waals surface area (Å²) in [5.41, 5.74) is 4.05. The lowest BCUT2D eigenvalue weighted by atomic mass is 10.1. The van der Waals surface area contributed by atoms with Gasteiger partial charge in [0.15, 0.2) is 18.1 Å². The molecule has 0 saturated carbocycles. The topological polar surface area (TPSA) is 84.9 Å². The van der Waals surface area contributed by atoms with E-state index in [0.717, 1.165) is 32.3 Å². The Bertz CT molecular complexity index is 1510. The van der Waals surface area contributed by atoms with Gasteiger partial charge < -0.3 is 14.8 Å². The zero-order valence-electron chi connectivity index (χ0n) is 21.1. The first-order chi connectivity index (χ1) is 18.5. The molecule has 7 nitrogen and oxygen atoms in total. The lowest BCUT2D eigenvalue weighted by molar-refractivity contribution is -0.123. The molecule has 1 N–H and O–H groups in total. The van der Waals surface area contributed by atoms with Crippen LogP contribution in [0.4, 0.5) is 10.5 Å². The Hall–Kier alpha value is -2.98. The van der Waals surface area contributed by atoms with E-state index in [1.807, 2.05) is 26.0 Å². The number of thioether (sulfide) groups is 1. The number of carbonyl (C=O) groups is 3. The number of rotatable bonds is 8. The largest absolute Gasteiger partial charge is 0.493 e. The van der Waals surface area contributed by atoms with E-state index in [2.05, 4.69) is 21.2 Å². The van der Waals surface area contributed by atoms with Crippen LogP contribution < -0.4 is 14.8 Å². The minimum absolute atomic E-state index is 0.0366. The molecule has 0 aliphatic carbocycles. The quantitative estimate of drug-likeness (QED) is 0.253. The van der Waals surface area contributed by atoms with Gasteiger partial charge in [0.05, 0.1) is 24.2 Å². The molecule has 11 heteroatoms. The van der Waals surface area contributed by atoms with E-state index in [1.165, 1.54) is 7.11 Å². The number of nitrogens with one attached hydrogen (secondary N) is 1. The highest BCUT2D eigenvalue weighted by Gasteiger charge is 2.35. The molecule has 1 fully saturated rings. The molecule has 3 amide bonds. The second-order valence-corrected chi connectivity index (χ2v) is 11.4. The summed E-state index contributed by atoms with van der Waals surface area (Å²) < 4.78 is 11.9. The second-order valence-electron chi connectivity index (χ2n) is 8.67. The third-order valence-corrected chi connectivity index (χ3v) is 8.07. The van der Waals surface area contributed by atoms with Crippen LogP contribution in [-0.2, 0) is 16.1 Å². The minimum atomic E-state index is -0.426. The summed E-state index contributed by atoms with van der Waals surface area (Å²) in [6.45, 7) is 3.76. The van der Waals surface area contributed by atoms with Gasteiger partial charge in [0, 0.05) is 14.5 Å². The Labute approximate surface area is 248 Å². The predicted molar refractivity (Wildman–Crippen MR) is 159 cm³/mol. The average molecular weight is 650 g/mol. The number of hydrogen-bond acceptors (Lipinski definition) is 6. The number of methoxy groups -OCH3 is 1. The van der Waals surface area contributed by atoms with Crippen LogP contribution in [0.5, 0.6) is 11.5 Å². The summed E-state index contributed by atoms with van der Waals surface area (Å²) in [6, 6.07) is 13.7. The number of aryl methyl sites for hydroxylation is 2. The van der Waals surface area contributed by atoms with Gasteiger partial charge in [-0.3, -0.25) is 19.3 Å². The maximum absolute atomic E-state index is 13.0. The van der Waals surface area contributed by atoms with Crippen molar-refractivity contribution in [2.75, 3.05) is 19.0 Å². The summed E-state index contributed by atoms with van der Waals surface area (Å²) in [6.07, 6.45) is 1.60. The van der Waals surface area contributed by atoms with Crippen molar-refractivity contribution < 1.29 is 23.9 Å². The van der Waals surface area contributed by atoms with Crippen molar-refractivity contribution in [1.29, 1.82) is 0 Å². The SMILES string of the molecule is COc1cc(/C=C2\SC(=O)N(Cc3ccc(Cl)cc3Cl)C2=O)ccc1OCC(=O)Nc1cc(C)c(C)cc1Br. The van der Waals surface area contributed by atoms with Crippen molar-refractivity contribution in [3.63, 3.8) is 0 Å². The molecule has 0 bridgehead atoms. The summed E-state index contributed by atoms with van der Waals surface area (Å²) in [4.78, 5) is 39.4. The zero-order valence-corrected chi connectivity index (χ0v) is 25.1. The van der Waals surface area contributed by atoms with Gasteiger partial charge in [0.2, 0.25) is 0 Å². The molecular weight excluding hydrogens is 627 g/mol. The van der Waals surface area contributed by atoms with Crippen LogP contribution in [0.15, 0.2) is 57.9 Å². The molecule has 4 rings (SSSR count). The molecule has 202 valence electrons. The van der Waals surface area contributed by atoms with Gasteiger partial charge in [-0.25, -0.2) is 0 Å². The Kier molecular flexibility index (Phi) is 9.27. The van der Waals surface area contributed by atoms with Crippen LogP contribution >= 0.6 is 50.9 Å². The van der Waals surface area contributed by atoms with Crippen LogP contribution in [0.1, 0.15) is 22.3 Å². The Morgan fingerprint density at radius 2 is 1.79 bits per heavy atom. The highest BCUT2D eigenvalue weighted by atomic mass is 79.9. The number of nitrogens with zero attached hydrogens (tertiary/aromatic N) is 1. The summed E-state index contributed by atoms with van der Waals surface area (Å²) in [5.74, 6) is -0.0328. The van der Waals surface area contributed by atoms with Crippen LogP contribution in [-0.4, -0.2) is 35.7 Å².